The van der Waals surface area contributed by atoms with E-state index in [1.165, 1.54) is 55.6 Å². The van der Waals surface area contributed by atoms with E-state index in [0.717, 1.165) is 51.8 Å². The summed E-state index contributed by atoms with van der Waals surface area (Å²) in [5, 5.41) is 0.185. The second-order valence-electron chi connectivity index (χ2n) is 17.9. The maximum Gasteiger partial charge on any atom is 0.295 e. The van der Waals surface area contributed by atoms with Gasteiger partial charge < -0.3 is 18.4 Å². The zero-order chi connectivity index (χ0) is 52.9. The first-order valence-electron chi connectivity index (χ1n) is 22.4. The molecule has 19 nitrogen and oxygen atoms in total. The minimum Gasteiger partial charge on any atom is -0.457 e. The summed E-state index contributed by atoms with van der Waals surface area (Å²) in [6.07, 6.45) is 0. The molecule has 4 N–H and O–H groups in total. The molecule has 0 atom stereocenters. The van der Waals surface area contributed by atoms with Gasteiger partial charge in [-0.05, 0) is 116 Å². The van der Waals surface area contributed by atoms with E-state index >= 15 is 0 Å². The second-order valence-corrected chi connectivity index (χ2v) is 20.8. The predicted molar refractivity (Wildman–Crippen MR) is 271 cm³/mol. The highest BCUT2D eigenvalue weighted by Crippen LogP contribution is 2.52. The second kappa shape index (κ2) is 16.1. The molecule has 0 fully saturated rings. The van der Waals surface area contributed by atoms with Crippen LogP contribution in [0.4, 0.5) is 17.1 Å². The topological polar surface area (TPSA) is 274 Å². The van der Waals surface area contributed by atoms with Gasteiger partial charge in [0.25, 0.3) is 57.4 Å². The lowest BCUT2D eigenvalue weighted by atomic mass is 9.85. The number of aryl methyl sites for hydroxylation is 1. The highest BCUT2D eigenvalue weighted by Gasteiger charge is 2.43. The Balaban J connectivity index is 0.883. The van der Waals surface area contributed by atoms with Gasteiger partial charge in [0.05, 0.1) is 22.0 Å². The summed E-state index contributed by atoms with van der Waals surface area (Å²) in [5.41, 5.74) is -0.713. The summed E-state index contributed by atoms with van der Waals surface area (Å²) >= 11 is 0. The molecule has 0 radical (unpaired) electrons. The number of anilines is 3. The highest BCUT2D eigenvalue weighted by atomic mass is 32.3. The van der Waals surface area contributed by atoms with Crippen LogP contribution < -0.4 is 19.4 Å². The summed E-state index contributed by atoms with van der Waals surface area (Å²) in [6.45, 7) is 1.94. The van der Waals surface area contributed by atoms with Crippen molar-refractivity contribution in [2.45, 2.75) is 16.7 Å². The standard InChI is InChI=1S/C54H32N4O15S2/c1-25-3-9-29(10-4-25)73-30-11-5-26(6-12-30)56-49(61)35-19-21-39-46-40(22-20-36(45(35)46)50(56)62)54(66)58(53(39)65)28-8-14-32(42(24-28)75(70,71)72)31-13-7-27(23-41(31)74(67,68)69)57-51(63)37-17-15-33-43-34(48(60)55(2)47(33)59)16-18-38(44(37)43)52(57)64/h3-24,70-72H,1-2H3,(H,67,68,69). The van der Waals surface area contributed by atoms with E-state index in [0.29, 0.717) is 21.3 Å². The Morgan fingerprint density at radius 1 is 0.360 bits per heavy atom. The van der Waals surface area contributed by atoms with Crippen LogP contribution in [-0.4, -0.2) is 85.8 Å². The normalized spacial score (nSPS) is 15.5. The number of imide groups is 4. The molecule has 8 amide bonds. The SMILES string of the molecule is Cc1ccc(Oc2ccc(N3C(=O)c4ccc5c6c(ccc(c46)C3=O)C(=O)N(c3ccc(-c4ccc(N6C(=O)c7ccc8c9c(ccc(c79)C6=O)C(=O)N(C)C8=O)cc4S(=O)(=O)O)c(S(O)(O)O)c3)C5=O)cc2)cc1. The molecule has 21 heteroatoms. The first kappa shape index (κ1) is 46.8. The van der Waals surface area contributed by atoms with Gasteiger partial charge in [0, 0.05) is 84.2 Å². The lowest BCUT2D eigenvalue weighted by Crippen LogP contribution is -2.43. The van der Waals surface area contributed by atoms with Crippen LogP contribution in [0, 0.1) is 6.92 Å². The minimum absolute atomic E-state index is 0.00756. The third-order valence-corrected chi connectivity index (χ3v) is 15.5. The Kier molecular flexibility index (Phi) is 10.1. The van der Waals surface area contributed by atoms with Crippen molar-refractivity contribution < 1.29 is 69.7 Å². The van der Waals surface area contributed by atoms with E-state index in [9.17, 15) is 65.0 Å². The molecule has 0 aliphatic carbocycles. The Morgan fingerprint density at radius 3 is 0.987 bits per heavy atom. The van der Waals surface area contributed by atoms with Crippen LogP contribution >= 0.6 is 10.9 Å². The van der Waals surface area contributed by atoms with Crippen molar-refractivity contribution in [1.82, 2.24) is 4.90 Å². The van der Waals surface area contributed by atoms with E-state index < -0.39 is 89.2 Å². The monoisotopic (exact) mass is 1040 g/mol. The third-order valence-electron chi connectivity index (χ3n) is 13.7. The lowest BCUT2D eigenvalue weighted by Gasteiger charge is -2.32. The van der Waals surface area contributed by atoms with Crippen molar-refractivity contribution in [1.29, 1.82) is 0 Å². The molecule has 75 heavy (non-hydrogen) atoms. The van der Waals surface area contributed by atoms with Crippen LogP contribution in [0.25, 0.3) is 32.7 Å². The van der Waals surface area contributed by atoms with Crippen LogP contribution in [0.15, 0.2) is 143 Å². The molecule has 12 rings (SSSR count). The highest BCUT2D eigenvalue weighted by molar-refractivity contribution is 8.19. The predicted octanol–water partition coefficient (Wildman–Crippen LogP) is 9.22. The number of rotatable bonds is 8. The van der Waals surface area contributed by atoms with Gasteiger partial charge in [0.1, 0.15) is 27.3 Å². The molecule has 0 aromatic heterocycles. The first-order valence-corrected chi connectivity index (χ1v) is 25.4. The molecule has 8 aromatic carbocycles. The zero-order valence-electron chi connectivity index (χ0n) is 38.6. The van der Waals surface area contributed by atoms with Crippen LogP contribution in [-0.2, 0) is 10.1 Å². The number of nitrogens with zero attached hydrogens (tertiary/aromatic N) is 4. The van der Waals surface area contributed by atoms with E-state index in [4.69, 9.17) is 4.74 Å². The Hall–Kier alpha value is -9.22. The number of carbonyl (C=O) groups is 8. The van der Waals surface area contributed by atoms with Gasteiger partial charge >= 0.3 is 0 Å². The fourth-order valence-electron chi connectivity index (χ4n) is 10.2. The van der Waals surface area contributed by atoms with Crippen molar-refractivity contribution in [3.05, 3.63) is 184 Å². The van der Waals surface area contributed by atoms with Crippen LogP contribution in [0.2, 0.25) is 0 Å². The van der Waals surface area contributed by atoms with E-state index in [1.54, 1.807) is 36.4 Å². The smallest absolute Gasteiger partial charge is 0.295 e. The molecule has 0 unspecified atom stereocenters. The van der Waals surface area contributed by atoms with Crippen LogP contribution in [0.3, 0.4) is 0 Å². The van der Waals surface area contributed by atoms with Gasteiger partial charge in [-0.3, -0.25) is 47.8 Å². The van der Waals surface area contributed by atoms with Gasteiger partial charge in [-0.25, -0.2) is 14.7 Å². The molecular weight excluding hydrogens is 1010 g/mol. The van der Waals surface area contributed by atoms with Crippen LogP contribution in [0.1, 0.15) is 88.4 Å². The van der Waals surface area contributed by atoms with E-state index in [2.05, 4.69) is 0 Å². The molecule has 4 aliphatic heterocycles. The summed E-state index contributed by atoms with van der Waals surface area (Å²) in [4.78, 5) is 113. The van der Waals surface area contributed by atoms with Crippen molar-refractivity contribution in [2.75, 3.05) is 21.7 Å². The van der Waals surface area contributed by atoms with E-state index in [-0.39, 0.29) is 83.1 Å². The molecule has 0 spiro atoms. The molecule has 8 aromatic rings. The summed E-state index contributed by atoms with van der Waals surface area (Å²) in [7, 11) is -8.97. The maximum absolute atomic E-state index is 14.5. The number of carbonyl (C=O) groups excluding carboxylic acids is 8. The molecule has 0 saturated heterocycles. The Bertz CT molecular complexity index is 4070. The fourth-order valence-corrected chi connectivity index (χ4v) is 11.6. The molecule has 4 aliphatic rings. The van der Waals surface area contributed by atoms with Gasteiger partial charge in [-0.2, -0.15) is 8.42 Å². The third kappa shape index (κ3) is 6.87. The zero-order valence-corrected chi connectivity index (χ0v) is 40.2. The number of hydrogen-bond acceptors (Lipinski definition) is 14. The Morgan fingerprint density at radius 2 is 0.640 bits per heavy atom. The maximum atomic E-state index is 14.5. The molecule has 0 bridgehead atoms. The number of benzene rings is 8. The number of ether oxygens (including phenoxy) is 1. The summed E-state index contributed by atoms with van der Waals surface area (Å²) in [5.74, 6) is -5.70. The minimum atomic E-state index is -5.35. The average molecular weight is 1040 g/mol. The quantitative estimate of drug-likeness (QED) is 0.0815. The first-order chi connectivity index (χ1) is 35.6. The molecule has 0 saturated carbocycles. The summed E-state index contributed by atoms with van der Waals surface area (Å²) in [6, 6.07) is 30.0. The van der Waals surface area contributed by atoms with Crippen LogP contribution in [0.5, 0.6) is 11.5 Å². The van der Waals surface area contributed by atoms with Crippen molar-refractivity contribution in [3.8, 4) is 22.6 Å². The molecule has 370 valence electrons. The van der Waals surface area contributed by atoms with Crippen molar-refractivity contribution in [3.63, 3.8) is 0 Å². The number of hydrogen-bond donors (Lipinski definition) is 4. The van der Waals surface area contributed by atoms with Gasteiger partial charge in [-0.1, -0.05) is 29.8 Å². The summed E-state index contributed by atoms with van der Waals surface area (Å²) < 4.78 is 75.6. The number of amides is 8. The van der Waals surface area contributed by atoms with Gasteiger partial charge in [-0.15, -0.1) is 0 Å². The Labute approximate surface area is 424 Å². The molecule has 4 heterocycles. The van der Waals surface area contributed by atoms with Gasteiger partial charge in [0.15, 0.2) is 0 Å². The van der Waals surface area contributed by atoms with Crippen molar-refractivity contribution >= 4 is 107 Å². The largest absolute Gasteiger partial charge is 0.457 e. The van der Waals surface area contributed by atoms with Gasteiger partial charge in [0.2, 0.25) is 0 Å². The average Bonchev–Trinajstić information content (AvgIpc) is 3.39. The molecular formula is C54H32N4O15S2. The van der Waals surface area contributed by atoms with E-state index in [1.807, 2.05) is 19.1 Å². The fraction of sp³-hybridized carbons (Fsp3) is 0.0370. The lowest BCUT2D eigenvalue weighted by molar-refractivity contribution is 0.0647. The van der Waals surface area contributed by atoms with Crippen molar-refractivity contribution in [2.24, 2.45) is 0 Å².